The Morgan fingerprint density at radius 1 is 0.906 bits per heavy atom. The van der Waals surface area contributed by atoms with Gasteiger partial charge in [-0.1, -0.05) is 12.1 Å². The normalized spacial score (nSPS) is 18.6. The fraction of sp³-hybridized carbons (Fsp3) is 0.450. The lowest BCUT2D eigenvalue weighted by molar-refractivity contribution is 0.0730. The Labute approximate surface area is 187 Å². The van der Waals surface area contributed by atoms with Crippen LogP contribution >= 0.6 is 0 Å². The van der Waals surface area contributed by atoms with Crippen molar-refractivity contribution >= 4 is 26.0 Å². The van der Waals surface area contributed by atoms with Gasteiger partial charge in [-0.05, 0) is 36.6 Å². The topological polar surface area (TPSA) is 129 Å². The molecule has 4 rings (SSSR count). The highest BCUT2D eigenvalue weighted by Crippen LogP contribution is 2.21. The number of rotatable bonds is 7. The smallest absolute Gasteiger partial charge is 0.268 e. The van der Waals surface area contributed by atoms with E-state index >= 15 is 0 Å². The summed E-state index contributed by atoms with van der Waals surface area (Å²) in [6.45, 7) is 2.56. The average molecular weight is 483 g/mol. The van der Waals surface area contributed by atoms with E-state index < -0.39 is 26.0 Å². The molecule has 10 nitrogen and oxygen atoms in total. The molecule has 32 heavy (non-hydrogen) atoms. The first kappa shape index (κ1) is 22.9. The largest absolute Gasteiger partial charge is 0.379 e. The molecular weight excluding hydrogens is 456 g/mol. The highest BCUT2D eigenvalue weighted by molar-refractivity contribution is 7.89. The van der Waals surface area contributed by atoms with Gasteiger partial charge in [0.1, 0.15) is 10.6 Å². The maximum Gasteiger partial charge on any atom is 0.268 e. The van der Waals surface area contributed by atoms with Crippen molar-refractivity contribution in [3.8, 4) is 0 Å². The maximum atomic E-state index is 12.7. The van der Waals surface area contributed by atoms with E-state index in [-0.39, 0.29) is 22.0 Å². The van der Waals surface area contributed by atoms with E-state index in [1.165, 1.54) is 33.0 Å². The molecule has 2 saturated heterocycles. The molecule has 2 aliphatic heterocycles. The first-order valence-corrected chi connectivity index (χ1v) is 13.3. The van der Waals surface area contributed by atoms with E-state index in [4.69, 9.17) is 4.74 Å². The Bertz CT molecular complexity index is 1160. The lowest BCUT2D eigenvalue weighted by Gasteiger charge is -2.26. The summed E-state index contributed by atoms with van der Waals surface area (Å²) < 4.78 is 58.5. The van der Waals surface area contributed by atoms with Gasteiger partial charge in [-0.3, -0.25) is 4.79 Å². The number of hydrogen-bond acceptors (Lipinski definition) is 6. The third-order valence-electron chi connectivity index (χ3n) is 5.59. The molecule has 1 aromatic heterocycles. The van der Waals surface area contributed by atoms with Gasteiger partial charge in [-0.15, -0.1) is 0 Å². The Kier molecular flexibility index (Phi) is 6.67. The van der Waals surface area contributed by atoms with Gasteiger partial charge in [0.2, 0.25) is 20.0 Å². The molecule has 0 atom stereocenters. The zero-order valence-corrected chi connectivity index (χ0v) is 19.1. The Morgan fingerprint density at radius 3 is 2.16 bits per heavy atom. The summed E-state index contributed by atoms with van der Waals surface area (Å²) in [5, 5.41) is 2.72. The van der Waals surface area contributed by atoms with Gasteiger partial charge in [0, 0.05) is 38.9 Å². The summed E-state index contributed by atoms with van der Waals surface area (Å²) in [6, 6.07) is 7.65. The molecule has 2 aromatic rings. The number of carbonyl (C=O) groups excluding carboxylic acids is 1. The first-order chi connectivity index (χ1) is 15.3. The minimum absolute atomic E-state index is 0.0715. The Morgan fingerprint density at radius 2 is 1.50 bits per heavy atom. The van der Waals surface area contributed by atoms with E-state index in [2.05, 4.69) is 10.3 Å². The van der Waals surface area contributed by atoms with E-state index in [1.54, 1.807) is 12.1 Å². The number of amides is 1. The third-order valence-corrected chi connectivity index (χ3v) is 9.38. The van der Waals surface area contributed by atoms with Gasteiger partial charge < -0.3 is 15.0 Å². The van der Waals surface area contributed by atoms with Crippen LogP contribution in [0.15, 0.2) is 46.3 Å². The van der Waals surface area contributed by atoms with Crippen LogP contribution < -0.4 is 5.32 Å². The summed E-state index contributed by atoms with van der Waals surface area (Å²) in [4.78, 5) is 15.4. The van der Waals surface area contributed by atoms with Gasteiger partial charge >= 0.3 is 0 Å². The van der Waals surface area contributed by atoms with Crippen LogP contribution in [0.25, 0.3) is 0 Å². The molecule has 174 valence electrons. The Balaban J connectivity index is 1.37. The predicted molar refractivity (Wildman–Crippen MR) is 116 cm³/mol. The molecule has 1 aromatic carbocycles. The first-order valence-electron chi connectivity index (χ1n) is 10.4. The second-order valence-electron chi connectivity index (χ2n) is 7.70. The molecule has 0 radical (unpaired) electrons. The zero-order valence-electron chi connectivity index (χ0n) is 17.5. The van der Waals surface area contributed by atoms with Gasteiger partial charge in [0.15, 0.2) is 0 Å². The van der Waals surface area contributed by atoms with Gasteiger partial charge in [0.05, 0.1) is 18.1 Å². The van der Waals surface area contributed by atoms with Crippen molar-refractivity contribution < 1.29 is 26.4 Å². The molecule has 3 heterocycles. The van der Waals surface area contributed by atoms with Crippen LogP contribution in [0.4, 0.5) is 0 Å². The number of aromatic nitrogens is 1. The monoisotopic (exact) mass is 482 g/mol. The van der Waals surface area contributed by atoms with Crippen molar-refractivity contribution in [1.82, 2.24) is 18.9 Å². The molecule has 2 fully saturated rings. The number of benzene rings is 1. The molecule has 0 aliphatic carbocycles. The van der Waals surface area contributed by atoms with Crippen LogP contribution in [-0.2, 0) is 31.3 Å². The van der Waals surface area contributed by atoms with Crippen LogP contribution in [0.5, 0.6) is 0 Å². The van der Waals surface area contributed by atoms with Gasteiger partial charge in [0.25, 0.3) is 5.91 Å². The molecule has 0 spiro atoms. The van der Waals surface area contributed by atoms with Crippen LogP contribution in [0.2, 0.25) is 0 Å². The molecular formula is C20H26N4O6S2. The van der Waals surface area contributed by atoms with Gasteiger partial charge in [-0.25, -0.2) is 16.8 Å². The average Bonchev–Trinajstić information content (AvgIpc) is 3.51. The van der Waals surface area contributed by atoms with E-state index in [0.29, 0.717) is 39.4 Å². The molecule has 0 saturated carbocycles. The fourth-order valence-electron chi connectivity index (χ4n) is 3.72. The van der Waals surface area contributed by atoms with Crippen molar-refractivity contribution in [1.29, 1.82) is 0 Å². The van der Waals surface area contributed by atoms with Crippen LogP contribution in [0.3, 0.4) is 0 Å². The maximum absolute atomic E-state index is 12.7. The van der Waals surface area contributed by atoms with Crippen LogP contribution in [0, 0.1) is 0 Å². The minimum Gasteiger partial charge on any atom is -0.379 e. The molecule has 0 bridgehead atoms. The number of nitrogens with one attached hydrogen (secondary N) is 2. The summed E-state index contributed by atoms with van der Waals surface area (Å²) >= 11 is 0. The van der Waals surface area contributed by atoms with Crippen molar-refractivity contribution in [3.63, 3.8) is 0 Å². The Hall–Kier alpha value is -2.25. The number of H-pyrrole nitrogens is 1. The summed E-state index contributed by atoms with van der Waals surface area (Å²) in [6.07, 6.45) is 3.00. The standard InChI is InChI=1S/C20H26N4O6S2/c25-20(19-13-18(15-21-19)32(28,29)23-7-1-2-8-23)22-14-16-3-5-17(6-4-16)31(26,27)24-9-11-30-12-10-24/h3-6,13,15,21H,1-2,7-12,14H2,(H,22,25). The predicted octanol–water partition coefficient (Wildman–Crippen LogP) is 0.750. The number of sulfonamides is 2. The highest BCUT2D eigenvalue weighted by atomic mass is 32.2. The van der Waals surface area contributed by atoms with E-state index in [1.807, 2.05) is 0 Å². The zero-order chi connectivity index (χ0) is 22.8. The highest BCUT2D eigenvalue weighted by Gasteiger charge is 2.29. The minimum atomic E-state index is -3.59. The lowest BCUT2D eigenvalue weighted by atomic mass is 10.2. The number of morpholine rings is 1. The van der Waals surface area contributed by atoms with Crippen LogP contribution in [-0.4, -0.2) is 75.7 Å². The molecule has 12 heteroatoms. The fourth-order valence-corrected chi connectivity index (χ4v) is 6.64. The summed E-state index contributed by atoms with van der Waals surface area (Å²) in [5.74, 6) is -0.446. The number of ether oxygens (including phenoxy) is 1. The second kappa shape index (κ2) is 9.32. The van der Waals surface area contributed by atoms with E-state index in [0.717, 1.165) is 18.4 Å². The van der Waals surface area contributed by atoms with Crippen molar-refractivity contribution in [2.24, 2.45) is 0 Å². The summed E-state index contributed by atoms with van der Waals surface area (Å²) in [5.41, 5.74) is 0.866. The number of nitrogens with zero attached hydrogens (tertiary/aromatic N) is 2. The number of carbonyl (C=O) groups is 1. The van der Waals surface area contributed by atoms with Crippen molar-refractivity contribution in [2.75, 3.05) is 39.4 Å². The quantitative estimate of drug-likeness (QED) is 0.599. The molecule has 1 amide bonds. The summed E-state index contributed by atoms with van der Waals surface area (Å²) in [7, 11) is -7.16. The molecule has 2 N–H and O–H groups in total. The number of hydrogen-bond donors (Lipinski definition) is 2. The molecule has 2 aliphatic rings. The van der Waals surface area contributed by atoms with Crippen molar-refractivity contribution in [2.45, 2.75) is 29.2 Å². The lowest BCUT2D eigenvalue weighted by Crippen LogP contribution is -2.40. The second-order valence-corrected chi connectivity index (χ2v) is 11.6. The number of aromatic amines is 1. The molecule has 0 unspecified atom stereocenters. The SMILES string of the molecule is O=C(NCc1ccc(S(=O)(=O)N2CCOCC2)cc1)c1cc(S(=O)(=O)N2CCCC2)c[nH]1. The van der Waals surface area contributed by atoms with Gasteiger partial charge in [-0.2, -0.15) is 8.61 Å². The van der Waals surface area contributed by atoms with E-state index in [9.17, 15) is 21.6 Å². The third kappa shape index (κ3) is 4.74. The van der Waals surface area contributed by atoms with Crippen LogP contribution in [0.1, 0.15) is 28.9 Å². The van der Waals surface area contributed by atoms with Crippen molar-refractivity contribution in [3.05, 3.63) is 47.8 Å².